The summed E-state index contributed by atoms with van der Waals surface area (Å²) in [7, 11) is 0. The van der Waals surface area contributed by atoms with Crippen LogP contribution in [-0.4, -0.2) is 19.5 Å². The van der Waals surface area contributed by atoms with Crippen LogP contribution in [0.2, 0.25) is 0 Å². The van der Waals surface area contributed by atoms with Gasteiger partial charge in [-0.15, -0.1) is 0 Å². The number of hydrogen-bond acceptors (Lipinski definition) is 3. The second-order valence-corrected chi connectivity index (χ2v) is 16.7. The van der Waals surface area contributed by atoms with Crippen molar-refractivity contribution in [3.63, 3.8) is 0 Å². The molecule has 0 amide bonds. The SMILES string of the molecule is c1ccc(-c2ccc(-c3nc(-c4c(C5c6ccccc6-c6cc7ccccc7cc65)ccc5ccccc45)nc(-c4cccc5c4c4ccccc4n5-c4ccccc4)n3)cc2)cc1. The summed E-state index contributed by atoms with van der Waals surface area (Å²) >= 11 is 0. The maximum absolute atomic E-state index is 5.62. The zero-order valence-electron chi connectivity index (χ0n) is 34.7. The van der Waals surface area contributed by atoms with Gasteiger partial charge in [-0.2, -0.15) is 0 Å². The molecule has 0 aliphatic heterocycles. The predicted octanol–water partition coefficient (Wildman–Crippen LogP) is 15.1. The van der Waals surface area contributed by atoms with Gasteiger partial charge < -0.3 is 4.57 Å². The van der Waals surface area contributed by atoms with Crippen molar-refractivity contribution < 1.29 is 0 Å². The van der Waals surface area contributed by atoms with E-state index in [1.165, 1.54) is 38.6 Å². The summed E-state index contributed by atoms with van der Waals surface area (Å²) in [4.78, 5) is 16.6. The molecule has 64 heavy (non-hydrogen) atoms. The average molecular weight is 815 g/mol. The van der Waals surface area contributed by atoms with E-state index >= 15 is 0 Å². The molecule has 12 aromatic rings. The fraction of sp³-hybridized carbons (Fsp3) is 0.0167. The Morgan fingerprint density at radius 1 is 0.328 bits per heavy atom. The Labute approximate surface area is 370 Å². The zero-order valence-corrected chi connectivity index (χ0v) is 34.7. The summed E-state index contributed by atoms with van der Waals surface area (Å²) < 4.78 is 2.35. The van der Waals surface area contributed by atoms with Crippen LogP contribution in [0.4, 0.5) is 0 Å². The van der Waals surface area contributed by atoms with E-state index in [0.717, 1.165) is 66.1 Å². The molecule has 2 aromatic heterocycles. The quantitative estimate of drug-likeness (QED) is 0.168. The van der Waals surface area contributed by atoms with Crippen molar-refractivity contribution in [3.8, 4) is 62.1 Å². The first-order valence-corrected chi connectivity index (χ1v) is 21.9. The standard InChI is InChI=1S/C60H38N4/c1-3-16-38(17-4-1)39-30-32-41(33-31-39)58-61-59(50-27-15-29-54-56(50)48-26-13-14-28-53(48)64(54)44-21-5-2-6-22-44)63-60(62-58)57-45-23-10-9-18-40(45)34-35-49(57)55-47-25-12-11-24-46(47)51-36-42-19-7-8-20-43(42)37-52(51)55/h1-37,55H. The molecule has 1 aliphatic rings. The van der Waals surface area contributed by atoms with Crippen LogP contribution in [0.5, 0.6) is 0 Å². The molecule has 0 N–H and O–H groups in total. The van der Waals surface area contributed by atoms with E-state index in [-0.39, 0.29) is 5.92 Å². The Kier molecular flexibility index (Phi) is 8.25. The second kappa shape index (κ2) is 14.6. The summed E-state index contributed by atoms with van der Waals surface area (Å²) in [6.45, 7) is 0. The molecule has 0 saturated carbocycles. The number of para-hydroxylation sites is 2. The molecule has 0 fully saturated rings. The van der Waals surface area contributed by atoms with Crippen molar-refractivity contribution >= 4 is 43.4 Å². The molecular weight excluding hydrogens is 777 g/mol. The van der Waals surface area contributed by atoms with Crippen LogP contribution in [0.1, 0.15) is 22.6 Å². The van der Waals surface area contributed by atoms with E-state index in [1.54, 1.807) is 0 Å². The highest BCUT2D eigenvalue weighted by Crippen LogP contribution is 2.52. The van der Waals surface area contributed by atoms with Gasteiger partial charge in [0.25, 0.3) is 0 Å². The molecule has 2 heterocycles. The minimum atomic E-state index is -0.0449. The zero-order chi connectivity index (χ0) is 42.1. The third-order valence-electron chi connectivity index (χ3n) is 13.1. The van der Waals surface area contributed by atoms with Crippen molar-refractivity contribution in [2.75, 3.05) is 0 Å². The van der Waals surface area contributed by atoms with Crippen LogP contribution < -0.4 is 0 Å². The van der Waals surface area contributed by atoms with Crippen molar-refractivity contribution in [2.45, 2.75) is 5.92 Å². The van der Waals surface area contributed by atoms with Crippen molar-refractivity contribution in [2.24, 2.45) is 0 Å². The van der Waals surface area contributed by atoms with Crippen LogP contribution >= 0.6 is 0 Å². The second-order valence-electron chi connectivity index (χ2n) is 16.7. The number of aromatic nitrogens is 4. The molecule has 4 nitrogen and oxygen atoms in total. The largest absolute Gasteiger partial charge is 0.309 e. The Balaban J connectivity index is 1.10. The van der Waals surface area contributed by atoms with Gasteiger partial charge in [-0.05, 0) is 96.9 Å². The van der Waals surface area contributed by atoms with E-state index in [4.69, 9.17) is 15.0 Å². The van der Waals surface area contributed by atoms with Crippen LogP contribution in [0.3, 0.4) is 0 Å². The lowest BCUT2D eigenvalue weighted by Crippen LogP contribution is -2.06. The lowest BCUT2D eigenvalue weighted by Gasteiger charge is -2.21. The highest BCUT2D eigenvalue weighted by Gasteiger charge is 2.33. The molecule has 13 rings (SSSR count). The van der Waals surface area contributed by atoms with Gasteiger partial charge in [0.2, 0.25) is 0 Å². The van der Waals surface area contributed by atoms with Gasteiger partial charge in [-0.3, -0.25) is 0 Å². The van der Waals surface area contributed by atoms with Gasteiger partial charge in [0.05, 0.1) is 11.0 Å². The lowest BCUT2D eigenvalue weighted by atomic mass is 9.83. The number of fused-ring (bicyclic) bond motifs is 8. The first kappa shape index (κ1) is 36.2. The highest BCUT2D eigenvalue weighted by atomic mass is 15.0. The first-order valence-electron chi connectivity index (χ1n) is 21.9. The van der Waals surface area contributed by atoms with E-state index in [0.29, 0.717) is 17.5 Å². The average Bonchev–Trinajstić information content (AvgIpc) is 3.88. The van der Waals surface area contributed by atoms with E-state index < -0.39 is 0 Å². The van der Waals surface area contributed by atoms with Crippen LogP contribution in [0.25, 0.3) is 105 Å². The summed E-state index contributed by atoms with van der Waals surface area (Å²) in [5.41, 5.74) is 14.8. The molecule has 0 bridgehead atoms. The molecular formula is C60H38N4. The van der Waals surface area contributed by atoms with Gasteiger partial charge in [0, 0.05) is 39.1 Å². The Morgan fingerprint density at radius 2 is 0.922 bits per heavy atom. The van der Waals surface area contributed by atoms with Crippen LogP contribution in [0.15, 0.2) is 224 Å². The number of benzene rings is 10. The maximum atomic E-state index is 5.62. The fourth-order valence-electron chi connectivity index (χ4n) is 10.2. The molecule has 0 spiro atoms. The molecule has 0 radical (unpaired) electrons. The Morgan fingerprint density at radius 3 is 1.75 bits per heavy atom. The van der Waals surface area contributed by atoms with Crippen molar-refractivity contribution in [1.29, 1.82) is 0 Å². The molecule has 1 unspecified atom stereocenters. The van der Waals surface area contributed by atoms with Gasteiger partial charge in [0.1, 0.15) is 0 Å². The number of nitrogens with zero attached hydrogens (tertiary/aromatic N) is 4. The summed E-state index contributed by atoms with van der Waals surface area (Å²) in [5.74, 6) is 1.86. The number of hydrogen-bond donors (Lipinski definition) is 0. The van der Waals surface area contributed by atoms with Gasteiger partial charge in [-0.1, -0.05) is 188 Å². The molecule has 1 atom stereocenters. The van der Waals surface area contributed by atoms with E-state index in [1.807, 2.05) is 0 Å². The van der Waals surface area contributed by atoms with Crippen molar-refractivity contribution in [3.05, 3.63) is 241 Å². The van der Waals surface area contributed by atoms with E-state index in [9.17, 15) is 0 Å². The summed E-state index contributed by atoms with van der Waals surface area (Å²) in [5, 5.41) is 6.96. The smallest absolute Gasteiger partial charge is 0.165 e. The summed E-state index contributed by atoms with van der Waals surface area (Å²) in [6.07, 6.45) is 0. The third kappa shape index (κ3) is 5.73. The van der Waals surface area contributed by atoms with Gasteiger partial charge in [-0.25, -0.2) is 15.0 Å². The van der Waals surface area contributed by atoms with Crippen molar-refractivity contribution in [1.82, 2.24) is 19.5 Å². The Bertz CT molecular complexity index is 3780. The third-order valence-corrected chi connectivity index (χ3v) is 13.1. The van der Waals surface area contributed by atoms with Gasteiger partial charge in [0.15, 0.2) is 17.5 Å². The Hall–Kier alpha value is -8.47. The highest BCUT2D eigenvalue weighted by molar-refractivity contribution is 6.15. The molecule has 0 saturated heterocycles. The van der Waals surface area contributed by atoms with Crippen LogP contribution in [-0.2, 0) is 0 Å². The molecule has 4 heteroatoms. The normalized spacial score (nSPS) is 13.2. The topological polar surface area (TPSA) is 43.6 Å². The first-order chi connectivity index (χ1) is 31.7. The van der Waals surface area contributed by atoms with Crippen LogP contribution in [0, 0.1) is 0 Å². The minimum absolute atomic E-state index is 0.0449. The summed E-state index contributed by atoms with van der Waals surface area (Å²) in [6, 6.07) is 80.5. The molecule has 1 aliphatic carbocycles. The fourth-order valence-corrected chi connectivity index (χ4v) is 10.2. The molecule has 298 valence electrons. The minimum Gasteiger partial charge on any atom is -0.309 e. The van der Waals surface area contributed by atoms with E-state index in [2.05, 4.69) is 229 Å². The monoisotopic (exact) mass is 814 g/mol. The maximum Gasteiger partial charge on any atom is 0.165 e. The number of rotatable bonds is 6. The molecule has 10 aromatic carbocycles. The predicted molar refractivity (Wildman–Crippen MR) is 264 cm³/mol. The lowest BCUT2D eigenvalue weighted by molar-refractivity contribution is 1.01. The van der Waals surface area contributed by atoms with Gasteiger partial charge >= 0.3 is 0 Å².